The quantitative estimate of drug-likeness (QED) is 0.768. The van der Waals surface area contributed by atoms with Crippen LogP contribution >= 0.6 is 8.58 Å². The van der Waals surface area contributed by atoms with E-state index >= 15 is 0 Å². The van der Waals surface area contributed by atoms with Crippen molar-refractivity contribution in [2.24, 2.45) is 0 Å². The minimum Gasteiger partial charge on any atom is -0.406 e. The minimum absolute atomic E-state index is 0.181. The SMILES string of the molecule is FC(F)(F)Oc1ccc(CPc2ccccc2)cc1. The standard InChI is InChI=1S/C14H12F3OP/c15-14(16,17)18-12-8-6-11(7-9-12)10-19-13-4-2-1-3-5-13/h1-9,19H,10H2. The van der Waals surface area contributed by atoms with E-state index in [1.807, 2.05) is 30.3 Å². The first-order valence-electron chi connectivity index (χ1n) is 5.66. The molecule has 1 atom stereocenters. The van der Waals surface area contributed by atoms with Crippen molar-refractivity contribution in [2.75, 3.05) is 0 Å². The first-order chi connectivity index (χ1) is 9.03. The molecule has 0 aliphatic heterocycles. The molecule has 0 aliphatic carbocycles. The second kappa shape index (κ2) is 6.07. The van der Waals surface area contributed by atoms with Crippen LogP contribution in [0.1, 0.15) is 5.56 Å². The molecule has 0 amide bonds. The zero-order valence-corrected chi connectivity index (χ0v) is 10.9. The van der Waals surface area contributed by atoms with Gasteiger partial charge < -0.3 is 4.74 Å². The number of rotatable bonds is 4. The van der Waals surface area contributed by atoms with E-state index in [0.29, 0.717) is 8.58 Å². The van der Waals surface area contributed by atoms with Crippen molar-refractivity contribution in [1.82, 2.24) is 0 Å². The van der Waals surface area contributed by atoms with Crippen molar-refractivity contribution in [3.63, 3.8) is 0 Å². The molecule has 2 aromatic carbocycles. The summed E-state index contributed by atoms with van der Waals surface area (Å²) in [6, 6.07) is 16.0. The van der Waals surface area contributed by atoms with E-state index in [1.165, 1.54) is 17.4 Å². The average Bonchev–Trinajstić information content (AvgIpc) is 2.37. The van der Waals surface area contributed by atoms with Gasteiger partial charge in [-0.05, 0) is 29.2 Å². The number of benzene rings is 2. The topological polar surface area (TPSA) is 9.23 Å². The van der Waals surface area contributed by atoms with E-state index < -0.39 is 6.36 Å². The summed E-state index contributed by atoms with van der Waals surface area (Å²) in [5.74, 6) is -0.181. The van der Waals surface area contributed by atoms with Crippen LogP contribution in [-0.4, -0.2) is 6.36 Å². The monoisotopic (exact) mass is 284 g/mol. The maximum absolute atomic E-state index is 12.0. The van der Waals surface area contributed by atoms with Gasteiger partial charge in [0.05, 0.1) is 0 Å². The fourth-order valence-corrected chi connectivity index (χ4v) is 2.64. The Bertz CT molecular complexity index is 508. The van der Waals surface area contributed by atoms with Crippen molar-refractivity contribution in [3.05, 3.63) is 60.2 Å². The highest BCUT2D eigenvalue weighted by Crippen LogP contribution is 2.24. The summed E-state index contributed by atoms with van der Waals surface area (Å²) >= 11 is 0. The molecule has 2 rings (SSSR count). The Balaban J connectivity index is 1.92. The van der Waals surface area contributed by atoms with Gasteiger partial charge in [0, 0.05) is 0 Å². The van der Waals surface area contributed by atoms with Crippen molar-refractivity contribution >= 4 is 13.9 Å². The molecule has 0 saturated heterocycles. The average molecular weight is 284 g/mol. The van der Waals surface area contributed by atoms with Crippen LogP contribution in [0.5, 0.6) is 5.75 Å². The molecule has 0 aromatic heterocycles. The van der Waals surface area contributed by atoms with Gasteiger partial charge in [-0.3, -0.25) is 0 Å². The van der Waals surface area contributed by atoms with Crippen LogP contribution in [-0.2, 0) is 6.16 Å². The van der Waals surface area contributed by atoms with Gasteiger partial charge in [-0.2, -0.15) is 0 Å². The fourth-order valence-electron chi connectivity index (χ4n) is 1.57. The summed E-state index contributed by atoms with van der Waals surface area (Å²) in [5.41, 5.74) is 0.997. The van der Waals surface area contributed by atoms with Crippen LogP contribution in [0.3, 0.4) is 0 Å². The van der Waals surface area contributed by atoms with Crippen LogP contribution in [0.4, 0.5) is 13.2 Å². The maximum Gasteiger partial charge on any atom is 0.573 e. The number of hydrogen-bond donors (Lipinski definition) is 0. The van der Waals surface area contributed by atoms with Gasteiger partial charge in [0.25, 0.3) is 0 Å². The molecule has 0 N–H and O–H groups in total. The summed E-state index contributed by atoms with van der Waals surface area (Å²) in [4.78, 5) is 0. The van der Waals surface area contributed by atoms with Gasteiger partial charge in [-0.1, -0.05) is 51.0 Å². The van der Waals surface area contributed by atoms with Gasteiger partial charge in [-0.15, -0.1) is 13.2 Å². The van der Waals surface area contributed by atoms with Crippen molar-refractivity contribution in [3.8, 4) is 5.75 Å². The molecular weight excluding hydrogens is 272 g/mol. The van der Waals surface area contributed by atoms with Crippen LogP contribution in [0.2, 0.25) is 0 Å². The molecule has 0 spiro atoms. The first kappa shape index (κ1) is 13.9. The van der Waals surface area contributed by atoms with E-state index in [1.54, 1.807) is 12.1 Å². The molecule has 100 valence electrons. The second-order valence-electron chi connectivity index (χ2n) is 3.91. The first-order valence-corrected chi connectivity index (χ1v) is 6.87. The summed E-state index contributed by atoms with van der Waals surface area (Å²) in [6.07, 6.45) is -3.82. The van der Waals surface area contributed by atoms with Crippen LogP contribution in [0.25, 0.3) is 0 Å². The molecule has 5 heteroatoms. The predicted octanol–water partition coefficient (Wildman–Crippen LogP) is 4.09. The Morgan fingerprint density at radius 2 is 1.53 bits per heavy atom. The highest BCUT2D eigenvalue weighted by molar-refractivity contribution is 7.46. The number of hydrogen-bond acceptors (Lipinski definition) is 1. The third-order valence-corrected chi connectivity index (χ3v) is 3.75. The molecular formula is C14H12F3OP. The third-order valence-electron chi connectivity index (χ3n) is 2.43. The highest BCUT2D eigenvalue weighted by Gasteiger charge is 2.30. The predicted molar refractivity (Wildman–Crippen MR) is 71.2 cm³/mol. The lowest BCUT2D eigenvalue weighted by Crippen LogP contribution is -2.16. The molecule has 2 aromatic rings. The lowest BCUT2D eigenvalue weighted by atomic mass is 10.2. The van der Waals surface area contributed by atoms with Crippen LogP contribution in [0, 0.1) is 0 Å². The largest absolute Gasteiger partial charge is 0.573 e. The lowest BCUT2D eigenvalue weighted by molar-refractivity contribution is -0.274. The van der Waals surface area contributed by atoms with Gasteiger partial charge in [0.1, 0.15) is 5.75 Å². The zero-order chi connectivity index (χ0) is 13.7. The van der Waals surface area contributed by atoms with E-state index in [0.717, 1.165) is 11.7 Å². The molecule has 1 nitrogen and oxygen atoms in total. The molecule has 0 saturated carbocycles. The molecule has 0 heterocycles. The summed E-state index contributed by atoms with van der Waals surface area (Å²) < 4.78 is 39.8. The Morgan fingerprint density at radius 3 is 2.11 bits per heavy atom. The van der Waals surface area contributed by atoms with E-state index in [-0.39, 0.29) is 5.75 Å². The van der Waals surface area contributed by atoms with Crippen molar-refractivity contribution < 1.29 is 17.9 Å². The maximum atomic E-state index is 12.0. The zero-order valence-electron chi connectivity index (χ0n) is 9.95. The number of alkyl halides is 3. The summed E-state index contributed by atoms with van der Waals surface area (Å²) in [5, 5.41) is 1.23. The Kier molecular flexibility index (Phi) is 4.43. The van der Waals surface area contributed by atoms with E-state index in [9.17, 15) is 13.2 Å². The molecule has 0 aliphatic rings. The van der Waals surface area contributed by atoms with Crippen molar-refractivity contribution in [1.29, 1.82) is 0 Å². The van der Waals surface area contributed by atoms with Crippen LogP contribution < -0.4 is 10.0 Å². The number of halogens is 3. The second-order valence-corrected chi connectivity index (χ2v) is 5.20. The normalized spacial score (nSPS) is 11.9. The third kappa shape index (κ3) is 4.92. The van der Waals surface area contributed by atoms with E-state index in [2.05, 4.69) is 4.74 Å². The molecule has 0 radical (unpaired) electrons. The van der Waals surface area contributed by atoms with Gasteiger partial charge in [0.2, 0.25) is 0 Å². The minimum atomic E-state index is -4.63. The van der Waals surface area contributed by atoms with Gasteiger partial charge in [-0.25, -0.2) is 0 Å². The molecule has 0 bridgehead atoms. The molecule has 1 unspecified atom stereocenters. The number of ether oxygens (including phenoxy) is 1. The fraction of sp³-hybridized carbons (Fsp3) is 0.143. The smallest absolute Gasteiger partial charge is 0.406 e. The Morgan fingerprint density at radius 1 is 0.895 bits per heavy atom. The summed E-state index contributed by atoms with van der Waals surface area (Å²) in [6.45, 7) is 0. The summed E-state index contributed by atoms with van der Waals surface area (Å²) in [7, 11) is 0.605. The molecule has 19 heavy (non-hydrogen) atoms. The van der Waals surface area contributed by atoms with Crippen molar-refractivity contribution in [2.45, 2.75) is 12.5 Å². The van der Waals surface area contributed by atoms with E-state index in [4.69, 9.17) is 0 Å². The van der Waals surface area contributed by atoms with Crippen LogP contribution in [0.15, 0.2) is 54.6 Å². The lowest BCUT2D eigenvalue weighted by Gasteiger charge is -2.09. The highest BCUT2D eigenvalue weighted by atomic mass is 31.1. The Hall–Kier alpha value is -1.54. The Labute approximate surface area is 111 Å². The van der Waals surface area contributed by atoms with Gasteiger partial charge in [0.15, 0.2) is 0 Å². The van der Waals surface area contributed by atoms with Gasteiger partial charge >= 0.3 is 6.36 Å². The molecule has 0 fully saturated rings.